The third kappa shape index (κ3) is 5.03. The number of carbonyl (C=O) groups excluding carboxylic acids is 2. The van der Waals surface area contributed by atoms with Gasteiger partial charge in [0, 0.05) is 19.3 Å². The maximum atomic E-state index is 12.0. The molecule has 0 fully saturated rings. The Morgan fingerprint density at radius 2 is 2.08 bits per heavy atom. The van der Waals surface area contributed by atoms with Gasteiger partial charge < -0.3 is 10.1 Å². The molecule has 0 saturated carbocycles. The minimum absolute atomic E-state index is 0.0164. The summed E-state index contributed by atoms with van der Waals surface area (Å²) in [6.07, 6.45) is 1.57. The Balaban J connectivity index is 1.79. The third-order valence-electron chi connectivity index (χ3n) is 3.71. The lowest BCUT2D eigenvalue weighted by Crippen LogP contribution is -2.29. The summed E-state index contributed by atoms with van der Waals surface area (Å²) >= 11 is 0. The standard InChI is InChI=1S/C15H23N7O3/c1-5-25-15(24)17-13-8-22(20-18-13)9-14(23)16-7-6-12-10(2)19-21(4)11(12)3/h8H,5-7,9H2,1-4H3,(H,16,23)(H,17,24). The lowest BCUT2D eigenvalue weighted by atomic mass is 10.1. The zero-order valence-corrected chi connectivity index (χ0v) is 14.9. The molecule has 0 spiro atoms. The summed E-state index contributed by atoms with van der Waals surface area (Å²) in [5, 5.41) is 17.2. The van der Waals surface area contributed by atoms with Gasteiger partial charge in [0.15, 0.2) is 5.82 Å². The first-order chi connectivity index (χ1) is 11.9. The van der Waals surface area contributed by atoms with E-state index in [9.17, 15) is 9.59 Å². The Morgan fingerprint density at radius 3 is 2.72 bits per heavy atom. The van der Waals surface area contributed by atoms with Gasteiger partial charge >= 0.3 is 6.09 Å². The normalized spacial score (nSPS) is 10.6. The Bertz CT molecular complexity index is 750. The Kier molecular flexibility index (Phi) is 6.09. The molecule has 0 radical (unpaired) electrons. The van der Waals surface area contributed by atoms with Gasteiger partial charge in [0.2, 0.25) is 5.91 Å². The molecule has 0 bridgehead atoms. The van der Waals surface area contributed by atoms with Gasteiger partial charge in [-0.1, -0.05) is 5.21 Å². The number of rotatable bonds is 7. The maximum absolute atomic E-state index is 12.0. The van der Waals surface area contributed by atoms with Crippen LogP contribution < -0.4 is 10.6 Å². The molecule has 2 amide bonds. The van der Waals surface area contributed by atoms with Crippen molar-refractivity contribution in [3.05, 3.63) is 23.1 Å². The van der Waals surface area contributed by atoms with Crippen LogP contribution in [0.4, 0.5) is 10.6 Å². The number of nitrogens with zero attached hydrogens (tertiary/aromatic N) is 5. The second kappa shape index (κ2) is 8.27. The van der Waals surface area contributed by atoms with Gasteiger partial charge in [-0.05, 0) is 32.8 Å². The molecule has 0 aliphatic carbocycles. The van der Waals surface area contributed by atoms with Crippen molar-refractivity contribution in [3.63, 3.8) is 0 Å². The van der Waals surface area contributed by atoms with Crippen molar-refractivity contribution in [2.75, 3.05) is 18.5 Å². The van der Waals surface area contributed by atoms with Gasteiger partial charge in [-0.25, -0.2) is 9.48 Å². The highest BCUT2D eigenvalue weighted by Gasteiger charge is 2.11. The second-order valence-electron chi connectivity index (χ2n) is 5.52. The van der Waals surface area contributed by atoms with Gasteiger partial charge in [0.25, 0.3) is 0 Å². The minimum Gasteiger partial charge on any atom is -0.450 e. The largest absolute Gasteiger partial charge is 0.450 e. The predicted octanol–water partition coefficient (Wildman–Crippen LogP) is 0.556. The molecule has 10 nitrogen and oxygen atoms in total. The van der Waals surface area contributed by atoms with Crippen LogP contribution in [0.2, 0.25) is 0 Å². The van der Waals surface area contributed by atoms with Gasteiger partial charge in [0.1, 0.15) is 6.54 Å². The van der Waals surface area contributed by atoms with E-state index in [0.717, 1.165) is 17.0 Å². The van der Waals surface area contributed by atoms with E-state index < -0.39 is 6.09 Å². The van der Waals surface area contributed by atoms with Crippen molar-refractivity contribution in [3.8, 4) is 0 Å². The molecular formula is C15H23N7O3. The molecule has 2 heterocycles. The number of amides is 2. The number of hydrogen-bond donors (Lipinski definition) is 2. The van der Waals surface area contributed by atoms with Crippen molar-refractivity contribution in [2.45, 2.75) is 33.7 Å². The van der Waals surface area contributed by atoms with Gasteiger partial charge in [-0.2, -0.15) is 5.10 Å². The van der Waals surface area contributed by atoms with Gasteiger partial charge in [-0.3, -0.25) is 14.8 Å². The molecule has 0 aliphatic rings. The summed E-state index contributed by atoms with van der Waals surface area (Å²) < 4.78 is 7.92. The molecule has 2 aromatic heterocycles. The van der Waals surface area contributed by atoms with Crippen LogP contribution in [-0.4, -0.2) is 49.9 Å². The predicted molar refractivity (Wildman–Crippen MR) is 90.1 cm³/mol. The van der Waals surface area contributed by atoms with E-state index in [4.69, 9.17) is 4.74 Å². The molecule has 0 aromatic carbocycles. The van der Waals surface area contributed by atoms with Crippen molar-refractivity contribution < 1.29 is 14.3 Å². The third-order valence-corrected chi connectivity index (χ3v) is 3.71. The van der Waals surface area contributed by atoms with E-state index in [1.54, 1.807) is 6.92 Å². The molecule has 25 heavy (non-hydrogen) atoms. The highest BCUT2D eigenvalue weighted by atomic mass is 16.5. The molecule has 136 valence electrons. The van der Waals surface area contributed by atoms with Gasteiger partial charge in [-0.15, -0.1) is 5.10 Å². The average Bonchev–Trinajstić information content (AvgIpc) is 3.06. The molecule has 10 heteroatoms. The smallest absolute Gasteiger partial charge is 0.412 e. The Morgan fingerprint density at radius 1 is 1.32 bits per heavy atom. The van der Waals surface area contributed by atoms with E-state index in [1.165, 1.54) is 10.9 Å². The molecule has 0 saturated heterocycles. The van der Waals surface area contributed by atoms with E-state index in [-0.39, 0.29) is 24.9 Å². The zero-order chi connectivity index (χ0) is 18.4. The van der Waals surface area contributed by atoms with Crippen LogP contribution in [0.1, 0.15) is 23.9 Å². The molecule has 0 atom stereocenters. The minimum atomic E-state index is -0.610. The van der Waals surface area contributed by atoms with Crippen molar-refractivity contribution in [1.82, 2.24) is 30.1 Å². The number of aromatic nitrogens is 5. The molecule has 2 aromatic rings. The Labute approximate surface area is 145 Å². The monoisotopic (exact) mass is 349 g/mol. The lowest BCUT2D eigenvalue weighted by molar-refractivity contribution is -0.121. The number of aryl methyl sites for hydroxylation is 2. The Hall–Kier alpha value is -2.91. The van der Waals surface area contributed by atoms with Crippen LogP contribution in [0.15, 0.2) is 6.20 Å². The van der Waals surface area contributed by atoms with Crippen LogP contribution in [0.25, 0.3) is 0 Å². The van der Waals surface area contributed by atoms with E-state index in [2.05, 4.69) is 26.0 Å². The summed E-state index contributed by atoms with van der Waals surface area (Å²) in [4.78, 5) is 23.3. The topological polar surface area (TPSA) is 116 Å². The molecule has 2 N–H and O–H groups in total. The maximum Gasteiger partial charge on any atom is 0.412 e. The summed E-state index contributed by atoms with van der Waals surface area (Å²) in [7, 11) is 1.90. The highest BCUT2D eigenvalue weighted by molar-refractivity contribution is 5.83. The van der Waals surface area contributed by atoms with E-state index >= 15 is 0 Å². The summed E-state index contributed by atoms with van der Waals surface area (Å²) in [6, 6.07) is 0. The van der Waals surface area contributed by atoms with Crippen molar-refractivity contribution >= 4 is 17.8 Å². The first kappa shape index (κ1) is 18.4. The summed E-state index contributed by atoms with van der Waals surface area (Å²) in [5.74, 6) is 0.0413. The van der Waals surface area contributed by atoms with E-state index in [0.29, 0.717) is 13.0 Å². The number of nitrogens with one attached hydrogen (secondary N) is 2. The number of carbonyl (C=O) groups is 2. The van der Waals surface area contributed by atoms with Crippen LogP contribution in [0, 0.1) is 13.8 Å². The quantitative estimate of drug-likeness (QED) is 0.754. The molecule has 2 rings (SSSR count). The van der Waals surface area contributed by atoms with Gasteiger partial charge in [0.05, 0.1) is 18.5 Å². The zero-order valence-electron chi connectivity index (χ0n) is 14.9. The first-order valence-corrected chi connectivity index (χ1v) is 8.00. The van der Waals surface area contributed by atoms with Crippen LogP contribution in [0.5, 0.6) is 0 Å². The fraction of sp³-hybridized carbons (Fsp3) is 0.533. The van der Waals surface area contributed by atoms with E-state index in [1.807, 2.05) is 25.6 Å². The molecule has 0 aliphatic heterocycles. The number of ether oxygens (including phenoxy) is 1. The van der Waals surface area contributed by atoms with Crippen molar-refractivity contribution in [1.29, 1.82) is 0 Å². The lowest BCUT2D eigenvalue weighted by Gasteiger charge is -2.05. The first-order valence-electron chi connectivity index (χ1n) is 8.00. The molecule has 0 unspecified atom stereocenters. The number of anilines is 1. The summed E-state index contributed by atoms with van der Waals surface area (Å²) in [6.45, 7) is 6.45. The fourth-order valence-electron chi connectivity index (χ4n) is 2.41. The van der Waals surface area contributed by atoms with Crippen molar-refractivity contribution in [2.24, 2.45) is 7.05 Å². The van der Waals surface area contributed by atoms with Crippen LogP contribution >= 0.6 is 0 Å². The highest BCUT2D eigenvalue weighted by Crippen LogP contribution is 2.11. The second-order valence-corrected chi connectivity index (χ2v) is 5.52. The van der Waals surface area contributed by atoms with Crippen LogP contribution in [0.3, 0.4) is 0 Å². The average molecular weight is 349 g/mol. The number of hydrogen-bond acceptors (Lipinski definition) is 6. The summed E-state index contributed by atoms with van der Waals surface area (Å²) in [5.41, 5.74) is 3.21. The SMILES string of the molecule is CCOC(=O)Nc1cn(CC(=O)NCCc2c(C)nn(C)c2C)nn1. The fourth-order valence-corrected chi connectivity index (χ4v) is 2.41. The molecular weight excluding hydrogens is 326 g/mol. The van der Waals surface area contributed by atoms with Crippen LogP contribution in [-0.2, 0) is 29.5 Å².